The summed E-state index contributed by atoms with van der Waals surface area (Å²) >= 11 is 12.5. The van der Waals surface area contributed by atoms with E-state index in [0.717, 1.165) is 25.8 Å². The molecule has 0 aliphatic carbocycles. The van der Waals surface area contributed by atoms with Crippen LogP contribution >= 0.6 is 23.2 Å². The molecule has 3 aromatic heterocycles. The van der Waals surface area contributed by atoms with Crippen LogP contribution in [0.2, 0.25) is 5.02 Å². The molecule has 13 heteroatoms. The van der Waals surface area contributed by atoms with Crippen molar-refractivity contribution in [2.75, 3.05) is 37.7 Å². The lowest BCUT2D eigenvalue weighted by Crippen LogP contribution is -2.46. The Hall–Kier alpha value is -3.12. The van der Waals surface area contributed by atoms with Gasteiger partial charge in [0.15, 0.2) is 5.82 Å². The highest BCUT2D eigenvalue weighted by atomic mass is 35.5. The number of alkyl halides is 1. The third kappa shape index (κ3) is 5.00. The summed E-state index contributed by atoms with van der Waals surface area (Å²) in [5.74, 6) is -0.261. The van der Waals surface area contributed by atoms with Gasteiger partial charge in [0.1, 0.15) is 29.8 Å². The molecular weight excluding hydrogens is 599 g/mol. The predicted octanol–water partition coefficient (Wildman–Crippen LogP) is 5.88. The van der Waals surface area contributed by atoms with Crippen LogP contribution in [0.5, 0.6) is 6.01 Å². The molecule has 0 spiro atoms. The van der Waals surface area contributed by atoms with Gasteiger partial charge in [0.05, 0.1) is 33.3 Å². The van der Waals surface area contributed by atoms with Crippen molar-refractivity contribution in [1.82, 2.24) is 30.0 Å². The molecule has 43 heavy (non-hydrogen) atoms. The topological polar surface area (TPSA) is 103 Å². The highest BCUT2D eigenvalue weighted by Gasteiger charge is 2.49. The molecule has 7 rings (SSSR count). The maximum Gasteiger partial charge on any atom is 0.319 e. The third-order valence-corrected chi connectivity index (χ3v) is 9.49. The predicted molar refractivity (Wildman–Crippen MR) is 163 cm³/mol. The molecule has 0 radical (unpaired) electrons. The molecule has 9 nitrogen and oxygen atoms in total. The molecule has 3 aliphatic rings. The van der Waals surface area contributed by atoms with Crippen molar-refractivity contribution in [3.05, 3.63) is 40.4 Å². The monoisotopic (exact) mass is 629 g/mol. The number of hydrogen-bond donors (Lipinski definition) is 2. The van der Waals surface area contributed by atoms with Gasteiger partial charge in [-0.1, -0.05) is 23.2 Å². The van der Waals surface area contributed by atoms with Gasteiger partial charge in [-0.15, -0.1) is 0 Å². The summed E-state index contributed by atoms with van der Waals surface area (Å²) in [6, 6.07) is 1.69. The van der Waals surface area contributed by atoms with Crippen LogP contribution in [0, 0.1) is 5.82 Å². The number of ether oxygens (including phenoxy) is 1. The molecule has 0 bridgehead atoms. The van der Waals surface area contributed by atoms with E-state index in [-0.39, 0.29) is 23.8 Å². The molecule has 3 aliphatic heterocycles. The number of pyridine rings is 1. The molecule has 1 aromatic carbocycles. The van der Waals surface area contributed by atoms with E-state index >= 15 is 4.39 Å². The first-order valence-corrected chi connectivity index (χ1v) is 15.3. The fourth-order valence-corrected chi connectivity index (χ4v) is 7.50. The zero-order chi connectivity index (χ0) is 29.9. The van der Waals surface area contributed by atoms with E-state index in [0.29, 0.717) is 70.7 Å². The standard InChI is InChI=1S/C30H31Cl2F2N7O2/c1-29(42)5-2-8-40(15-29)27-20-12-35-26(23-18(4-7-31)21(32)10-22-19(23)13-36-39-22)24(34)25(20)37-28(38-27)43-16-30-6-3-9-41(30)14-17(33)11-30/h4,7,10,12-13,17,42H,2-3,5-6,8-9,11,14-16H2,1H3,(H,36,39)/b7-4-/t17-,29-,30+/m1/s1. The van der Waals surface area contributed by atoms with Crippen LogP contribution in [0.25, 0.3) is 39.1 Å². The number of halogens is 4. The Bertz CT molecular complexity index is 1750. The highest BCUT2D eigenvalue weighted by molar-refractivity contribution is 6.34. The number of rotatable bonds is 6. The number of nitrogens with one attached hydrogen (secondary N) is 1. The number of aliphatic hydroxyl groups is 1. The van der Waals surface area contributed by atoms with Gasteiger partial charge in [0.2, 0.25) is 0 Å². The van der Waals surface area contributed by atoms with Crippen LogP contribution in [0.4, 0.5) is 14.6 Å². The van der Waals surface area contributed by atoms with Crippen LogP contribution in [0.3, 0.4) is 0 Å². The van der Waals surface area contributed by atoms with E-state index in [1.807, 2.05) is 4.90 Å². The van der Waals surface area contributed by atoms with Crippen LogP contribution in [-0.2, 0) is 0 Å². The fourth-order valence-electron chi connectivity index (χ4n) is 7.11. The molecule has 3 atom stereocenters. The third-order valence-electron chi connectivity index (χ3n) is 9.05. The quantitative estimate of drug-likeness (QED) is 0.273. The van der Waals surface area contributed by atoms with E-state index in [9.17, 15) is 9.50 Å². The minimum absolute atomic E-state index is 0.00673. The van der Waals surface area contributed by atoms with Crippen LogP contribution < -0.4 is 9.64 Å². The van der Waals surface area contributed by atoms with E-state index in [1.165, 1.54) is 5.54 Å². The number of nitrogens with zero attached hydrogens (tertiary/aromatic N) is 6. The number of hydrogen-bond acceptors (Lipinski definition) is 8. The Morgan fingerprint density at radius 3 is 2.86 bits per heavy atom. The second kappa shape index (κ2) is 10.8. The molecular formula is C30H31Cl2F2N7O2. The zero-order valence-electron chi connectivity index (χ0n) is 23.6. The second-order valence-electron chi connectivity index (χ2n) is 12.2. The number of fused-ring (bicyclic) bond motifs is 3. The Balaban J connectivity index is 1.38. The summed E-state index contributed by atoms with van der Waals surface area (Å²) in [7, 11) is 0. The molecule has 3 fully saturated rings. The lowest BCUT2D eigenvalue weighted by atomic mass is 9.95. The van der Waals surface area contributed by atoms with Gasteiger partial charge < -0.3 is 14.7 Å². The molecule has 3 saturated heterocycles. The van der Waals surface area contributed by atoms with Crippen molar-refractivity contribution < 1.29 is 18.6 Å². The summed E-state index contributed by atoms with van der Waals surface area (Å²) in [5, 5.41) is 19.2. The lowest BCUT2D eigenvalue weighted by Gasteiger charge is -2.38. The summed E-state index contributed by atoms with van der Waals surface area (Å²) in [6.45, 7) is 4.10. The first-order valence-electron chi connectivity index (χ1n) is 14.5. The minimum Gasteiger partial charge on any atom is -0.461 e. The molecule has 0 saturated carbocycles. The van der Waals surface area contributed by atoms with Crippen LogP contribution in [0.15, 0.2) is 24.0 Å². The molecule has 4 aromatic rings. The van der Waals surface area contributed by atoms with E-state index in [4.69, 9.17) is 32.9 Å². The maximum absolute atomic E-state index is 16.8. The summed E-state index contributed by atoms with van der Waals surface area (Å²) in [4.78, 5) is 17.9. The van der Waals surface area contributed by atoms with Gasteiger partial charge in [0, 0.05) is 54.3 Å². The van der Waals surface area contributed by atoms with Gasteiger partial charge in [-0.2, -0.15) is 15.1 Å². The SMILES string of the molecule is C[C@@]1(O)CCCN(c2nc(OC[C@@]34CCCN3C[C@H](F)C4)nc3c(F)c(-c4c(/C=C\Cl)c(Cl)cc5[nH]ncc45)ncc23)C1. The summed E-state index contributed by atoms with van der Waals surface area (Å²) in [6.07, 6.45) is 7.34. The van der Waals surface area contributed by atoms with Crippen molar-refractivity contribution in [2.45, 2.75) is 56.3 Å². The molecule has 0 amide bonds. The number of β-amino-alcohol motifs (C(OH)–C–C–N with tert-alkyl or cyclic N) is 1. The average Bonchev–Trinajstić information content (AvgIpc) is 3.66. The molecule has 2 N–H and O–H groups in total. The molecule has 6 heterocycles. The van der Waals surface area contributed by atoms with Crippen LogP contribution in [-0.4, -0.2) is 85.3 Å². The lowest BCUT2D eigenvalue weighted by molar-refractivity contribution is 0.0447. The smallest absolute Gasteiger partial charge is 0.319 e. The van der Waals surface area contributed by atoms with Gasteiger partial charge in [-0.05, 0) is 51.3 Å². The number of aromatic amines is 1. The number of piperidine rings is 1. The Kier molecular flexibility index (Phi) is 7.19. The van der Waals surface area contributed by atoms with Crippen molar-refractivity contribution >= 4 is 56.9 Å². The normalized spacial score (nSPS) is 26.3. The van der Waals surface area contributed by atoms with Crippen LogP contribution in [0.1, 0.15) is 44.6 Å². The average molecular weight is 631 g/mol. The number of benzene rings is 1. The second-order valence-corrected chi connectivity index (χ2v) is 12.8. The van der Waals surface area contributed by atoms with Gasteiger partial charge >= 0.3 is 6.01 Å². The zero-order valence-corrected chi connectivity index (χ0v) is 25.1. The first-order chi connectivity index (χ1) is 20.7. The maximum atomic E-state index is 16.8. The van der Waals surface area contributed by atoms with E-state index in [1.54, 1.807) is 31.5 Å². The Morgan fingerprint density at radius 1 is 1.21 bits per heavy atom. The van der Waals surface area contributed by atoms with Crippen molar-refractivity contribution in [3.63, 3.8) is 0 Å². The summed E-state index contributed by atoms with van der Waals surface area (Å²) in [5.41, 5.74) is 1.48. The highest BCUT2D eigenvalue weighted by Crippen LogP contribution is 2.42. The van der Waals surface area contributed by atoms with Gasteiger partial charge in [0.25, 0.3) is 0 Å². The number of anilines is 1. The Morgan fingerprint density at radius 2 is 2.05 bits per heavy atom. The Labute approximate surface area is 256 Å². The van der Waals surface area contributed by atoms with Crippen molar-refractivity contribution in [1.29, 1.82) is 0 Å². The molecule has 226 valence electrons. The van der Waals surface area contributed by atoms with Gasteiger partial charge in [-0.3, -0.25) is 15.0 Å². The summed E-state index contributed by atoms with van der Waals surface area (Å²) < 4.78 is 37.4. The number of H-pyrrole nitrogens is 1. The van der Waals surface area contributed by atoms with Crippen molar-refractivity contribution in [2.24, 2.45) is 0 Å². The minimum atomic E-state index is -0.942. The number of aromatic nitrogens is 5. The van der Waals surface area contributed by atoms with Crippen molar-refractivity contribution in [3.8, 4) is 17.3 Å². The molecule has 0 unspecified atom stereocenters. The largest absolute Gasteiger partial charge is 0.461 e. The van der Waals surface area contributed by atoms with E-state index in [2.05, 4.69) is 25.1 Å². The van der Waals surface area contributed by atoms with E-state index < -0.39 is 23.1 Å². The fraction of sp³-hybridized carbons (Fsp3) is 0.467. The first kappa shape index (κ1) is 28.6. The van der Waals surface area contributed by atoms with Gasteiger partial charge in [-0.25, -0.2) is 8.78 Å².